The fraction of sp³-hybridized carbons (Fsp3) is 0.132. The van der Waals surface area contributed by atoms with E-state index in [1.54, 1.807) is 6.07 Å². The minimum Gasteiger partial charge on any atom is -0.451 e. The third-order valence-electron chi connectivity index (χ3n) is 9.10. The number of imide groups is 1. The Bertz CT molecular complexity index is 1910. The van der Waals surface area contributed by atoms with Crippen molar-refractivity contribution in [3.05, 3.63) is 150 Å². The molecule has 2 saturated heterocycles. The van der Waals surface area contributed by atoms with Gasteiger partial charge >= 0.3 is 5.97 Å². The number of benzene rings is 5. The standard InChI is InChI=1S/C38H28N2O4/c41-36-32-31-23-22-25-13-8-10-20-29(25)39(31)34(33(32)37(42)40(36)30-21-11-18-24-12-7-9-19-28(24)30)38(43)44-35(26-14-3-1-4-15-26)27-16-5-2-6-17-27/h1-23,31-35H/t31-,32-,33+,34-/m1/s1. The molecule has 5 aromatic carbocycles. The van der Waals surface area contributed by atoms with Gasteiger partial charge in [0.1, 0.15) is 6.04 Å². The van der Waals surface area contributed by atoms with E-state index in [2.05, 4.69) is 0 Å². The summed E-state index contributed by atoms with van der Waals surface area (Å²) in [6, 6.07) is 38.8. The number of carbonyl (C=O) groups excluding carboxylic acids is 3. The van der Waals surface area contributed by atoms with Crippen LogP contribution in [0.15, 0.2) is 133 Å². The number of hydrogen-bond acceptors (Lipinski definition) is 5. The molecule has 5 aromatic rings. The first kappa shape index (κ1) is 26.2. The van der Waals surface area contributed by atoms with Crippen LogP contribution in [0.3, 0.4) is 0 Å². The molecule has 0 unspecified atom stereocenters. The molecule has 0 saturated carbocycles. The van der Waals surface area contributed by atoms with Crippen molar-refractivity contribution in [2.75, 3.05) is 9.80 Å². The molecule has 0 spiro atoms. The van der Waals surface area contributed by atoms with Crippen molar-refractivity contribution in [2.24, 2.45) is 11.8 Å². The first-order chi connectivity index (χ1) is 21.6. The highest BCUT2D eigenvalue weighted by Gasteiger charge is 2.65. The van der Waals surface area contributed by atoms with Gasteiger partial charge in [-0.3, -0.25) is 9.59 Å². The van der Waals surface area contributed by atoms with Crippen LogP contribution in [0.1, 0.15) is 22.8 Å². The normalized spacial score (nSPS) is 21.8. The Morgan fingerprint density at radius 3 is 1.98 bits per heavy atom. The summed E-state index contributed by atoms with van der Waals surface area (Å²) in [4.78, 5) is 46.6. The first-order valence-electron chi connectivity index (χ1n) is 14.8. The second-order valence-electron chi connectivity index (χ2n) is 11.5. The van der Waals surface area contributed by atoms with Crippen LogP contribution in [0.4, 0.5) is 11.4 Å². The predicted octanol–water partition coefficient (Wildman–Crippen LogP) is 6.56. The smallest absolute Gasteiger partial charge is 0.330 e. The summed E-state index contributed by atoms with van der Waals surface area (Å²) < 4.78 is 6.39. The molecule has 0 bridgehead atoms. The monoisotopic (exact) mass is 576 g/mol. The quantitative estimate of drug-likeness (QED) is 0.175. The fourth-order valence-electron chi connectivity index (χ4n) is 7.20. The zero-order valence-electron chi connectivity index (χ0n) is 23.7. The van der Waals surface area contributed by atoms with E-state index in [0.29, 0.717) is 5.69 Å². The van der Waals surface area contributed by atoms with E-state index < -0.39 is 36.0 Å². The average Bonchev–Trinajstić information content (AvgIpc) is 3.56. The molecule has 3 aliphatic rings. The van der Waals surface area contributed by atoms with Gasteiger partial charge < -0.3 is 9.64 Å². The number of carbonyl (C=O) groups is 3. The number of fused-ring (bicyclic) bond motifs is 6. The van der Waals surface area contributed by atoms with E-state index in [1.807, 2.05) is 138 Å². The maximum Gasteiger partial charge on any atom is 0.330 e. The van der Waals surface area contributed by atoms with Crippen LogP contribution in [0.2, 0.25) is 0 Å². The summed E-state index contributed by atoms with van der Waals surface area (Å²) in [6.07, 6.45) is 3.26. The number of amides is 2. The Kier molecular flexibility index (Phi) is 6.15. The van der Waals surface area contributed by atoms with Gasteiger partial charge in [0.15, 0.2) is 6.10 Å². The molecule has 3 heterocycles. The molecular weight excluding hydrogens is 548 g/mol. The lowest BCUT2D eigenvalue weighted by atomic mass is 9.88. The Labute approximate surface area is 254 Å². The topological polar surface area (TPSA) is 66.9 Å². The van der Waals surface area contributed by atoms with E-state index in [-0.39, 0.29) is 11.8 Å². The molecule has 2 amide bonds. The number of hydrogen-bond donors (Lipinski definition) is 0. The van der Waals surface area contributed by atoms with Gasteiger partial charge in [0.2, 0.25) is 11.8 Å². The van der Waals surface area contributed by atoms with E-state index >= 15 is 0 Å². The minimum absolute atomic E-state index is 0.298. The van der Waals surface area contributed by atoms with Crippen LogP contribution in [-0.4, -0.2) is 29.9 Å². The van der Waals surface area contributed by atoms with E-state index in [4.69, 9.17) is 4.74 Å². The van der Waals surface area contributed by atoms with Crippen molar-refractivity contribution in [3.8, 4) is 0 Å². The number of rotatable bonds is 5. The number of ether oxygens (including phenoxy) is 1. The Balaban J connectivity index is 1.24. The number of para-hydroxylation sites is 1. The molecule has 8 rings (SSSR count). The van der Waals surface area contributed by atoms with Crippen LogP contribution in [0, 0.1) is 11.8 Å². The van der Waals surface area contributed by atoms with Gasteiger partial charge in [0, 0.05) is 11.1 Å². The van der Waals surface area contributed by atoms with Gasteiger partial charge in [-0.05, 0) is 34.2 Å². The van der Waals surface area contributed by atoms with E-state index in [9.17, 15) is 14.4 Å². The summed E-state index contributed by atoms with van der Waals surface area (Å²) >= 11 is 0. The average molecular weight is 577 g/mol. The van der Waals surface area contributed by atoms with Gasteiger partial charge in [-0.25, -0.2) is 9.69 Å². The SMILES string of the molecule is O=C(OC(c1ccccc1)c1ccccc1)[C@H]1[C@H]2C(=O)N(c3cccc4ccccc34)C(=O)[C@@H]2[C@H]2C=Cc3ccccc3N21. The summed E-state index contributed by atoms with van der Waals surface area (Å²) in [6.45, 7) is 0. The summed E-state index contributed by atoms with van der Waals surface area (Å²) in [5.74, 6) is -2.87. The molecule has 2 fully saturated rings. The van der Waals surface area contributed by atoms with Crippen molar-refractivity contribution in [3.63, 3.8) is 0 Å². The third-order valence-corrected chi connectivity index (χ3v) is 9.10. The van der Waals surface area contributed by atoms with Crippen LogP contribution < -0.4 is 9.80 Å². The van der Waals surface area contributed by atoms with Gasteiger partial charge in [-0.1, -0.05) is 127 Å². The molecule has 6 heteroatoms. The number of esters is 1. The Hall–Kier alpha value is -5.49. The largest absolute Gasteiger partial charge is 0.451 e. The molecule has 0 aliphatic carbocycles. The van der Waals surface area contributed by atoms with E-state index in [1.165, 1.54) is 4.90 Å². The highest BCUT2D eigenvalue weighted by atomic mass is 16.5. The molecule has 0 aromatic heterocycles. The second kappa shape index (κ2) is 10.3. The van der Waals surface area contributed by atoms with Gasteiger partial charge in [0.25, 0.3) is 0 Å². The lowest BCUT2D eigenvalue weighted by Gasteiger charge is -2.36. The second-order valence-corrected chi connectivity index (χ2v) is 11.5. The lowest BCUT2D eigenvalue weighted by Crippen LogP contribution is -2.49. The number of anilines is 2. The van der Waals surface area contributed by atoms with Crippen molar-refractivity contribution < 1.29 is 19.1 Å². The summed E-state index contributed by atoms with van der Waals surface area (Å²) in [5, 5.41) is 1.74. The third kappa shape index (κ3) is 3.98. The van der Waals surface area contributed by atoms with Crippen molar-refractivity contribution >= 4 is 46.0 Å². The highest BCUT2D eigenvalue weighted by Crippen LogP contribution is 2.50. The minimum atomic E-state index is -0.998. The maximum absolute atomic E-state index is 14.5. The summed E-state index contributed by atoms with van der Waals surface area (Å²) in [5.41, 5.74) is 3.92. The van der Waals surface area contributed by atoms with Crippen LogP contribution in [0.5, 0.6) is 0 Å². The van der Waals surface area contributed by atoms with Crippen LogP contribution in [-0.2, 0) is 19.1 Å². The Morgan fingerprint density at radius 1 is 0.636 bits per heavy atom. The van der Waals surface area contributed by atoms with E-state index in [0.717, 1.165) is 33.2 Å². The first-order valence-corrected chi connectivity index (χ1v) is 14.8. The Morgan fingerprint density at radius 2 is 1.23 bits per heavy atom. The fourth-order valence-corrected chi connectivity index (χ4v) is 7.20. The molecule has 214 valence electrons. The van der Waals surface area contributed by atoms with Crippen LogP contribution >= 0.6 is 0 Å². The molecule has 0 radical (unpaired) electrons. The molecule has 3 aliphatic heterocycles. The lowest BCUT2D eigenvalue weighted by molar-refractivity contribution is -0.151. The van der Waals surface area contributed by atoms with Crippen molar-refractivity contribution in [1.82, 2.24) is 0 Å². The molecule has 0 N–H and O–H groups in total. The van der Waals surface area contributed by atoms with Crippen molar-refractivity contribution in [2.45, 2.75) is 18.2 Å². The maximum atomic E-state index is 14.5. The van der Waals surface area contributed by atoms with Gasteiger partial charge in [0.05, 0.1) is 23.6 Å². The predicted molar refractivity (Wildman–Crippen MR) is 170 cm³/mol. The molecule has 4 atom stereocenters. The number of nitrogens with zero attached hydrogens (tertiary/aromatic N) is 2. The molecule has 44 heavy (non-hydrogen) atoms. The molecule has 6 nitrogen and oxygen atoms in total. The van der Waals surface area contributed by atoms with Gasteiger partial charge in [-0.2, -0.15) is 0 Å². The molecular formula is C38H28N2O4. The zero-order valence-corrected chi connectivity index (χ0v) is 23.7. The summed E-state index contributed by atoms with van der Waals surface area (Å²) in [7, 11) is 0. The highest BCUT2D eigenvalue weighted by molar-refractivity contribution is 6.27. The zero-order chi connectivity index (χ0) is 29.8. The van der Waals surface area contributed by atoms with Crippen molar-refractivity contribution in [1.29, 1.82) is 0 Å². The van der Waals surface area contributed by atoms with Crippen LogP contribution in [0.25, 0.3) is 16.8 Å². The van der Waals surface area contributed by atoms with Gasteiger partial charge in [-0.15, -0.1) is 0 Å².